The second-order valence-electron chi connectivity index (χ2n) is 4.48. The first-order valence-electron chi connectivity index (χ1n) is 5.94. The molecular formula is C14H16F3N. The maximum Gasteiger partial charge on any atom is 0.416 e. The summed E-state index contributed by atoms with van der Waals surface area (Å²) in [7, 11) is 0. The van der Waals surface area contributed by atoms with Crippen LogP contribution in [0.1, 0.15) is 43.7 Å². The minimum atomic E-state index is -4.33. The van der Waals surface area contributed by atoms with Gasteiger partial charge in [-0.3, -0.25) is 0 Å². The van der Waals surface area contributed by atoms with E-state index >= 15 is 0 Å². The Balaban J connectivity index is 3.10. The molecule has 0 spiro atoms. The molecule has 0 heterocycles. The van der Waals surface area contributed by atoms with Crippen LogP contribution in [0.5, 0.6) is 0 Å². The Kier molecular flexibility index (Phi) is 4.77. The van der Waals surface area contributed by atoms with Crippen molar-refractivity contribution in [2.75, 3.05) is 0 Å². The quantitative estimate of drug-likeness (QED) is 0.761. The Morgan fingerprint density at radius 2 is 2.00 bits per heavy atom. The minimum absolute atomic E-state index is 0.137. The van der Waals surface area contributed by atoms with Crippen LogP contribution in [-0.4, -0.2) is 0 Å². The summed E-state index contributed by atoms with van der Waals surface area (Å²) in [5, 5.41) is 8.80. The van der Waals surface area contributed by atoms with Gasteiger partial charge in [0.05, 0.1) is 11.6 Å². The zero-order valence-electron chi connectivity index (χ0n) is 10.5. The van der Waals surface area contributed by atoms with E-state index in [1.54, 1.807) is 6.07 Å². The van der Waals surface area contributed by atoms with Crippen LogP contribution >= 0.6 is 0 Å². The van der Waals surface area contributed by atoms with E-state index in [1.807, 2.05) is 13.8 Å². The van der Waals surface area contributed by atoms with Gasteiger partial charge in [-0.1, -0.05) is 38.5 Å². The average molecular weight is 255 g/mol. The lowest BCUT2D eigenvalue weighted by atomic mass is 9.83. The first-order valence-corrected chi connectivity index (χ1v) is 5.94. The summed E-state index contributed by atoms with van der Waals surface area (Å²) in [4.78, 5) is 0. The third kappa shape index (κ3) is 3.49. The van der Waals surface area contributed by atoms with E-state index in [0.29, 0.717) is 5.56 Å². The minimum Gasteiger partial charge on any atom is -0.198 e. The molecule has 0 amide bonds. The molecule has 0 saturated heterocycles. The zero-order chi connectivity index (χ0) is 13.8. The van der Waals surface area contributed by atoms with E-state index in [2.05, 4.69) is 6.07 Å². The smallest absolute Gasteiger partial charge is 0.198 e. The van der Waals surface area contributed by atoms with Crippen molar-refractivity contribution in [1.82, 2.24) is 0 Å². The van der Waals surface area contributed by atoms with Crippen molar-refractivity contribution < 1.29 is 13.2 Å². The van der Waals surface area contributed by atoms with Crippen LogP contribution in [-0.2, 0) is 6.18 Å². The Hall–Kier alpha value is -1.50. The molecule has 1 aromatic carbocycles. The molecule has 0 saturated carbocycles. The number of nitrogens with zero attached hydrogens (tertiary/aromatic N) is 1. The zero-order valence-corrected chi connectivity index (χ0v) is 10.5. The van der Waals surface area contributed by atoms with Gasteiger partial charge in [-0.25, -0.2) is 0 Å². The standard InChI is InChI=1S/C14H16F3N/c1-3-10(2)13(7-8-18)11-5-4-6-12(9-11)14(15,16)17/h4-6,9-10,13H,3,7H2,1-2H3. The van der Waals surface area contributed by atoms with Gasteiger partial charge in [-0.05, 0) is 23.5 Å². The van der Waals surface area contributed by atoms with E-state index in [4.69, 9.17) is 5.26 Å². The Bertz CT molecular complexity index is 431. The maximum atomic E-state index is 12.6. The van der Waals surface area contributed by atoms with Gasteiger partial charge in [0.25, 0.3) is 0 Å². The normalized spacial score (nSPS) is 14.9. The van der Waals surface area contributed by atoms with E-state index in [-0.39, 0.29) is 18.3 Å². The lowest BCUT2D eigenvalue weighted by molar-refractivity contribution is -0.137. The summed E-state index contributed by atoms with van der Waals surface area (Å²) in [6.45, 7) is 3.94. The molecule has 2 atom stereocenters. The maximum absolute atomic E-state index is 12.6. The highest BCUT2D eigenvalue weighted by Crippen LogP contribution is 2.34. The van der Waals surface area contributed by atoms with E-state index in [1.165, 1.54) is 6.07 Å². The van der Waals surface area contributed by atoms with Gasteiger partial charge in [-0.2, -0.15) is 18.4 Å². The molecule has 0 aromatic heterocycles. The first kappa shape index (κ1) is 14.6. The second kappa shape index (κ2) is 5.90. The van der Waals surface area contributed by atoms with Crippen molar-refractivity contribution in [1.29, 1.82) is 5.26 Å². The van der Waals surface area contributed by atoms with Crippen molar-refractivity contribution in [3.05, 3.63) is 35.4 Å². The van der Waals surface area contributed by atoms with Crippen LogP contribution in [0.25, 0.3) is 0 Å². The largest absolute Gasteiger partial charge is 0.416 e. The van der Waals surface area contributed by atoms with Crippen molar-refractivity contribution in [3.8, 4) is 6.07 Å². The summed E-state index contributed by atoms with van der Waals surface area (Å²) in [6, 6.07) is 7.36. The highest BCUT2D eigenvalue weighted by molar-refractivity contribution is 5.29. The number of nitriles is 1. The summed E-state index contributed by atoms with van der Waals surface area (Å²) >= 11 is 0. The molecule has 98 valence electrons. The van der Waals surface area contributed by atoms with Gasteiger partial charge in [-0.15, -0.1) is 0 Å². The van der Waals surface area contributed by atoms with Gasteiger partial charge in [0.1, 0.15) is 0 Å². The summed E-state index contributed by atoms with van der Waals surface area (Å²) in [6.07, 6.45) is -3.25. The predicted octanol–water partition coefficient (Wildman–Crippen LogP) is 4.75. The summed E-state index contributed by atoms with van der Waals surface area (Å²) in [5.41, 5.74) is -0.0491. The van der Waals surface area contributed by atoms with Crippen molar-refractivity contribution in [2.24, 2.45) is 5.92 Å². The van der Waals surface area contributed by atoms with Gasteiger partial charge in [0.15, 0.2) is 0 Å². The van der Waals surface area contributed by atoms with E-state index in [0.717, 1.165) is 18.6 Å². The molecule has 1 nitrogen and oxygen atoms in total. The molecule has 0 aliphatic rings. The first-order chi connectivity index (χ1) is 8.40. The van der Waals surface area contributed by atoms with Crippen LogP contribution in [0.4, 0.5) is 13.2 Å². The van der Waals surface area contributed by atoms with Crippen molar-refractivity contribution in [3.63, 3.8) is 0 Å². The van der Waals surface area contributed by atoms with E-state index in [9.17, 15) is 13.2 Å². The van der Waals surface area contributed by atoms with Crippen LogP contribution in [0.15, 0.2) is 24.3 Å². The lowest BCUT2D eigenvalue weighted by Gasteiger charge is -2.21. The Morgan fingerprint density at radius 1 is 1.33 bits per heavy atom. The molecular weight excluding hydrogens is 239 g/mol. The number of alkyl halides is 3. The fraction of sp³-hybridized carbons (Fsp3) is 0.500. The molecule has 0 bridgehead atoms. The number of rotatable bonds is 4. The monoisotopic (exact) mass is 255 g/mol. The fourth-order valence-electron chi connectivity index (χ4n) is 1.98. The van der Waals surface area contributed by atoms with E-state index < -0.39 is 11.7 Å². The second-order valence-corrected chi connectivity index (χ2v) is 4.48. The van der Waals surface area contributed by atoms with Crippen molar-refractivity contribution >= 4 is 0 Å². The Labute approximate surface area is 105 Å². The SMILES string of the molecule is CCC(C)C(CC#N)c1cccc(C(F)(F)F)c1. The molecule has 0 fully saturated rings. The van der Waals surface area contributed by atoms with Crippen LogP contribution < -0.4 is 0 Å². The lowest BCUT2D eigenvalue weighted by Crippen LogP contribution is -2.11. The summed E-state index contributed by atoms with van der Waals surface area (Å²) in [5.74, 6) is 0.0513. The Morgan fingerprint density at radius 3 is 2.50 bits per heavy atom. The number of hydrogen-bond donors (Lipinski definition) is 0. The highest BCUT2D eigenvalue weighted by Gasteiger charge is 2.31. The van der Waals surface area contributed by atoms with Crippen LogP contribution in [0, 0.1) is 17.2 Å². The third-order valence-corrected chi connectivity index (χ3v) is 3.28. The molecule has 4 heteroatoms. The molecule has 0 N–H and O–H groups in total. The van der Waals surface area contributed by atoms with Crippen LogP contribution in [0.2, 0.25) is 0 Å². The van der Waals surface area contributed by atoms with Gasteiger partial charge in [0, 0.05) is 6.42 Å². The highest BCUT2D eigenvalue weighted by atomic mass is 19.4. The van der Waals surface area contributed by atoms with Crippen LogP contribution in [0.3, 0.4) is 0 Å². The van der Waals surface area contributed by atoms with Gasteiger partial charge < -0.3 is 0 Å². The molecule has 1 rings (SSSR count). The predicted molar refractivity (Wildman–Crippen MR) is 63.9 cm³/mol. The molecule has 0 aliphatic carbocycles. The number of halogens is 3. The molecule has 0 radical (unpaired) electrons. The number of hydrogen-bond acceptors (Lipinski definition) is 1. The number of benzene rings is 1. The molecule has 2 unspecified atom stereocenters. The summed E-state index contributed by atoms with van der Waals surface area (Å²) < 4.78 is 37.9. The van der Waals surface area contributed by atoms with Crippen molar-refractivity contribution in [2.45, 2.75) is 38.8 Å². The fourth-order valence-corrected chi connectivity index (χ4v) is 1.98. The van der Waals surface area contributed by atoms with Gasteiger partial charge >= 0.3 is 6.18 Å². The molecule has 0 aliphatic heterocycles. The molecule has 1 aromatic rings. The average Bonchev–Trinajstić information content (AvgIpc) is 2.34. The van der Waals surface area contributed by atoms with Gasteiger partial charge in [0.2, 0.25) is 0 Å². The topological polar surface area (TPSA) is 23.8 Å². The molecule has 18 heavy (non-hydrogen) atoms. The third-order valence-electron chi connectivity index (χ3n) is 3.28.